The molecule has 0 bridgehead atoms. The van der Waals surface area contributed by atoms with Crippen LogP contribution in [0.5, 0.6) is 0 Å². The van der Waals surface area contributed by atoms with Gasteiger partial charge in [0, 0.05) is 6.10 Å². The molecule has 2 nitrogen and oxygen atoms in total. The molecule has 0 aromatic heterocycles. The molecule has 0 amide bonds. The van der Waals surface area contributed by atoms with Crippen molar-refractivity contribution < 1.29 is 61.6 Å². The average Bonchev–Trinajstić information content (AvgIpc) is 1.65. The molecule has 9 heavy (non-hydrogen) atoms. The van der Waals surface area contributed by atoms with E-state index in [1.165, 1.54) is 0 Å². The van der Waals surface area contributed by atoms with Crippen LogP contribution in [0.25, 0.3) is 0 Å². The average molecular weight is 156 g/mol. The Labute approximate surface area is 99.1 Å². The van der Waals surface area contributed by atoms with Gasteiger partial charge in [-0.1, -0.05) is 13.8 Å². The number of aliphatic hydroxyl groups excluding tert-OH is 1. The van der Waals surface area contributed by atoms with E-state index in [9.17, 15) is 5.11 Å². The second-order valence-electron chi connectivity index (χ2n) is 2.45. The molecule has 0 spiro atoms. The monoisotopic (exact) mass is 156 g/mol. The van der Waals surface area contributed by atoms with Crippen LogP contribution in [0, 0.1) is 5.92 Å². The topological polar surface area (TPSA) is 43.3 Å². The van der Waals surface area contributed by atoms with E-state index in [0.29, 0.717) is 12.3 Å². The minimum atomic E-state index is -0.630. The molecular weight excluding hydrogens is 143 g/mol. The van der Waals surface area contributed by atoms with Gasteiger partial charge in [-0.2, -0.15) is 0 Å². The molecule has 1 unspecified atom stereocenters. The molecule has 0 aliphatic rings. The van der Waals surface area contributed by atoms with Gasteiger partial charge in [-0.15, -0.1) is 6.61 Å². The van der Waals surface area contributed by atoms with Crippen LogP contribution in [0.3, 0.4) is 0 Å². The molecule has 0 aliphatic carbocycles. The molecule has 3 heteroatoms. The number of aliphatic hydroxyl groups is 1. The SMILES string of the molecule is CC(C)CC(O)C[O-].[K+]. The zero-order chi connectivity index (χ0) is 6.57. The van der Waals surface area contributed by atoms with E-state index in [1.807, 2.05) is 13.8 Å². The van der Waals surface area contributed by atoms with E-state index < -0.39 is 6.10 Å². The fourth-order valence-electron chi connectivity index (χ4n) is 0.612. The molecule has 0 fully saturated rings. The van der Waals surface area contributed by atoms with Crippen LogP contribution in [0.2, 0.25) is 0 Å². The maximum Gasteiger partial charge on any atom is 1.00 e. The van der Waals surface area contributed by atoms with Gasteiger partial charge in [-0.25, -0.2) is 0 Å². The summed E-state index contributed by atoms with van der Waals surface area (Å²) in [4.78, 5) is 0. The summed E-state index contributed by atoms with van der Waals surface area (Å²) in [6.45, 7) is 3.61. The molecule has 0 aliphatic heterocycles. The summed E-state index contributed by atoms with van der Waals surface area (Å²) in [6, 6.07) is 0. The molecule has 0 rings (SSSR count). The quantitative estimate of drug-likeness (QED) is 0.436. The Morgan fingerprint density at radius 1 is 1.44 bits per heavy atom. The maximum absolute atomic E-state index is 9.92. The predicted octanol–water partition coefficient (Wildman–Crippen LogP) is -3.24. The van der Waals surface area contributed by atoms with Gasteiger partial charge in [0.15, 0.2) is 0 Å². The molecule has 0 heterocycles. The molecule has 50 valence electrons. The largest absolute Gasteiger partial charge is 1.00 e. The van der Waals surface area contributed by atoms with Crippen molar-refractivity contribution in [3.05, 3.63) is 0 Å². The zero-order valence-corrected chi connectivity index (χ0v) is 9.55. The first-order valence-electron chi connectivity index (χ1n) is 2.93. The Morgan fingerprint density at radius 3 is 2.00 bits per heavy atom. The van der Waals surface area contributed by atoms with Crippen molar-refractivity contribution >= 4 is 0 Å². The van der Waals surface area contributed by atoms with Gasteiger partial charge < -0.3 is 10.2 Å². The molecule has 0 aromatic rings. The number of rotatable bonds is 3. The third-order valence-electron chi connectivity index (χ3n) is 0.936. The van der Waals surface area contributed by atoms with Gasteiger partial charge in [0.05, 0.1) is 0 Å². The maximum atomic E-state index is 9.92. The van der Waals surface area contributed by atoms with Crippen molar-refractivity contribution in [1.29, 1.82) is 0 Å². The van der Waals surface area contributed by atoms with Crippen LogP contribution in [-0.2, 0) is 0 Å². The summed E-state index contributed by atoms with van der Waals surface area (Å²) >= 11 is 0. The van der Waals surface area contributed by atoms with Crippen molar-refractivity contribution in [2.45, 2.75) is 26.4 Å². The van der Waals surface area contributed by atoms with Crippen molar-refractivity contribution in [3.63, 3.8) is 0 Å². The van der Waals surface area contributed by atoms with Gasteiger partial charge in [-0.05, 0) is 12.3 Å². The van der Waals surface area contributed by atoms with Crippen molar-refractivity contribution in [1.82, 2.24) is 0 Å². The van der Waals surface area contributed by atoms with E-state index in [0.717, 1.165) is 0 Å². The first kappa shape index (κ1) is 13.2. The molecule has 0 radical (unpaired) electrons. The first-order valence-corrected chi connectivity index (χ1v) is 2.93. The number of hydrogen-bond donors (Lipinski definition) is 1. The van der Waals surface area contributed by atoms with Crippen LogP contribution in [0.4, 0.5) is 0 Å². The second kappa shape index (κ2) is 7.66. The summed E-state index contributed by atoms with van der Waals surface area (Å²) in [5.41, 5.74) is 0. The van der Waals surface area contributed by atoms with Crippen molar-refractivity contribution in [2.24, 2.45) is 5.92 Å². The first-order chi connectivity index (χ1) is 3.66. The van der Waals surface area contributed by atoms with Crippen LogP contribution < -0.4 is 56.5 Å². The summed E-state index contributed by atoms with van der Waals surface area (Å²) in [6.07, 6.45) is -0.00116. The fourth-order valence-corrected chi connectivity index (χ4v) is 0.612. The van der Waals surface area contributed by atoms with E-state index in [-0.39, 0.29) is 58.0 Å². The van der Waals surface area contributed by atoms with Crippen molar-refractivity contribution in [3.8, 4) is 0 Å². The molecular formula is C6H13KO2. The van der Waals surface area contributed by atoms with E-state index in [2.05, 4.69) is 0 Å². The molecule has 0 saturated carbocycles. The Hall–Kier alpha value is 1.56. The third kappa shape index (κ3) is 9.56. The van der Waals surface area contributed by atoms with Gasteiger partial charge in [0.2, 0.25) is 0 Å². The van der Waals surface area contributed by atoms with Crippen LogP contribution >= 0.6 is 0 Å². The molecule has 1 atom stereocenters. The van der Waals surface area contributed by atoms with Gasteiger partial charge in [0.25, 0.3) is 0 Å². The van der Waals surface area contributed by atoms with Gasteiger partial charge >= 0.3 is 51.4 Å². The minimum Gasteiger partial charge on any atom is -0.853 e. The van der Waals surface area contributed by atoms with Crippen LogP contribution in [-0.4, -0.2) is 17.8 Å². The molecule has 0 saturated heterocycles. The fraction of sp³-hybridized carbons (Fsp3) is 1.00. The van der Waals surface area contributed by atoms with Crippen LogP contribution in [0.15, 0.2) is 0 Å². The third-order valence-corrected chi connectivity index (χ3v) is 0.936. The van der Waals surface area contributed by atoms with E-state index >= 15 is 0 Å². The van der Waals surface area contributed by atoms with Gasteiger partial charge in [0.1, 0.15) is 0 Å². The Morgan fingerprint density at radius 2 is 1.89 bits per heavy atom. The molecule has 0 aromatic carbocycles. The Bertz CT molecular complexity index is 57.0. The summed E-state index contributed by atoms with van der Waals surface area (Å²) in [7, 11) is 0. The van der Waals surface area contributed by atoms with Gasteiger partial charge in [-0.3, -0.25) is 0 Å². The number of hydrogen-bond acceptors (Lipinski definition) is 2. The van der Waals surface area contributed by atoms with Crippen LogP contribution in [0.1, 0.15) is 20.3 Å². The van der Waals surface area contributed by atoms with Crippen molar-refractivity contribution in [2.75, 3.05) is 6.61 Å². The summed E-state index contributed by atoms with van der Waals surface area (Å²) in [5, 5.41) is 18.6. The smallest absolute Gasteiger partial charge is 0.853 e. The minimum absolute atomic E-state index is 0. The predicted molar refractivity (Wildman–Crippen MR) is 30.3 cm³/mol. The Kier molecular flexibility index (Phi) is 11.2. The zero-order valence-electron chi connectivity index (χ0n) is 6.42. The normalized spacial score (nSPS) is 13.0. The summed E-state index contributed by atoms with van der Waals surface area (Å²) in [5.74, 6) is 0.430. The second-order valence-corrected chi connectivity index (χ2v) is 2.45. The molecule has 1 N–H and O–H groups in total. The summed E-state index contributed by atoms with van der Waals surface area (Å²) < 4.78 is 0. The van der Waals surface area contributed by atoms with E-state index in [4.69, 9.17) is 5.11 Å². The Balaban J connectivity index is 0. The van der Waals surface area contributed by atoms with E-state index in [1.54, 1.807) is 0 Å². The standard InChI is InChI=1S/C6H13O2.K/c1-5(2)3-6(8)4-7;/h5-6,8H,3-4H2,1-2H3;/q-1;+1.